The van der Waals surface area contributed by atoms with Gasteiger partial charge < -0.3 is 0 Å². The van der Waals surface area contributed by atoms with Crippen molar-refractivity contribution in [3.05, 3.63) is 218 Å². The first-order valence-corrected chi connectivity index (χ1v) is 21.0. The molecule has 0 saturated heterocycles. The number of thiophene rings is 1. The SMILES string of the molecule is c1cccc(-c2c3ccccc3c(-c3ccc(-c4ccc5c(-c6ccc7ccccc7c6)c6ccccc6c(-c6ccc7ccccc7c6)c5c4)s3)c3ccccc23)c#1. The Labute approximate surface area is 346 Å². The summed E-state index contributed by atoms with van der Waals surface area (Å²) < 4.78 is 0. The Morgan fingerprint density at radius 2 is 0.746 bits per heavy atom. The lowest BCUT2D eigenvalue weighted by molar-refractivity contribution is 1.68. The molecule has 272 valence electrons. The van der Waals surface area contributed by atoms with E-state index in [1.807, 2.05) is 17.4 Å². The minimum Gasteiger partial charge on any atom is -0.135 e. The van der Waals surface area contributed by atoms with E-state index in [1.165, 1.54) is 113 Å². The lowest BCUT2D eigenvalue weighted by atomic mass is 9.84. The lowest BCUT2D eigenvalue weighted by Crippen LogP contribution is -1.92. The van der Waals surface area contributed by atoms with E-state index in [0.29, 0.717) is 0 Å². The molecule has 0 aliphatic carbocycles. The van der Waals surface area contributed by atoms with Crippen LogP contribution in [-0.2, 0) is 0 Å². The van der Waals surface area contributed by atoms with Crippen LogP contribution in [0.15, 0.2) is 206 Å². The Balaban J connectivity index is 1.10. The minimum atomic E-state index is 1.06. The fourth-order valence-corrected chi connectivity index (χ4v) is 10.5. The molecule has 1 heterocycles. The smallest absolute Gasteiger partial charge is 0.0361 e. The molecule has 0 unspecified atom stereocenters. The van der Waals surface area contributed by atoms with Crippen LogP contribution < -0.4 is 0 Å². The summed E-state index contributed by atoms with van der Waals surface area (Å²) in [7, 11) is 0. The van der Waals surface area contributed by atoms with Gasteiger partial charge in [-0.05, 0) is 135 Å². The van der Waals surface area contributed by atoms with E-state index in [9.17, 15) is 0 Å². The van der Waals surface area contributed by atoms with E-state index in [0.717, 1.165) is 5.56 Å². The zero-order valence-corrected chi connectivity index (χ0v) is 32.9. The maximum atomic E-state index is 3.40. The van der Waals surface area contributed by atoms with E-state index in [2.05, 4.69) is 212 Å². The van der Waals surface area contributed by atoms with Gasteiger partial charge in [-0.25, -0.2) is 0 Å². The van der Waals surface area contributed by atoms with Crippen molar-refractivity contribution in [2.45, 2.75) is 0 Å². The predicted molar refractivity (Wildman–Crippen MR) is 254 cm³/mol. The molecule has 0 radical (unpaired) electrons. The van der Waals surface area contributed by atoms with Gasteiger partial charge in [0, 0.05) is 26.4 Å². The number of hydrogen-bond donors (Lipinski definition) is 0. The van der Waals surface area contributed by atoms with Gasteiger partial charge in [-0.1, -0.05) is 176 Å². The molecule has 0 nitrogen and oxygen atoms in total. The first kappa shape index (κ1) is 33.6. The van der Waals surface area contributed by atoms with Crippen LogP contribution in [-0.4, -0.2) is 0 Å². The van der Waals surface area contributed by atoms with E-state index >= 15 is 0 Å². The Morgan fingerprint density at radius 1 is 0.288 bits per heavy atom. The van der Waals surface area contributed by atoms with Crippen LogP contribution in [0.5, 0.6) is 0 Å². The summed E-state index contributed by atoms with van der Waals surface area (Å²) >= 11 is 1.87. The largest absolute Gasteiger partial charge is 0.135 e. The van der Waals surface area contributed by atoms with Crippen molar-refractivity contribution in [2.24, 2.45) is 0 Å². The monoisotopic (exact) mass is 762 g/mol. The van der Waals surface area contributed by atoms with Gasteiger partial charge in [0.25, 0.3) is 0 Å². The van der Waals surface area contributed by atoms with Gasteiger partial charge in [0.15, 0.2) is 0 Å². The number of rotatable bonds is 5. The normalized spacial score (nSPS) is 11.6. The minimum absolute atomic E-state index is 1.06. The Morgan fingerprint density at radius 3 is 1.31 bits per heavy atom. The van der Waals surface area contributed by atoms with Gasteiger partial charge in [0.1, 0.15) is 0 Å². The van der Waals surface area contributed by atoms with Crippen molar-refractivity contribution in [2.75, 3.05) is 0 Å². The Kier molecular flexibility index (Phi) is 7.73. The third kappa shape index (κ3) is 5.46. The van der Waals surface area contributed by atoms with Crippen LogP contribution in [0, 0.1) is 12.1 Å². The average Bonchev–Trinajstić information content (AvgIpc) is 3.79. The third-order valence-electron chi connectivity index (χ3n) is 12.1. The molecule has 11 aromatic carbocycles. The zero-order valence-electron chi connectivity index (χ0n) is 32.0. The molecular formula is C58H34S. The first-order valence-electron chi connectivity index (χ1n) is 20.2. The summed E-state index contributed by atoms with van der Waals surface area (Å²) in [4.78, 5) is 2.50. The van der Waals surface area contributed by atoms with Crippen molar-refractivity contribution in [3.63, 3.8) is 0 Å². The van der Waals surface area contributed by atoms with Crippen molar-refractivity contribution >= 4 is 76.0 Å². The summed E-state index contributed by atoms with van der Waals surface area (Å²) in [5, 5.41) is 15.0. The molecular weight excluding hydrogens is 729 g/mol. The summed E-state index contributed by atoms with van der Waals surface area (Å²) in [6.45, 7) is 0. The number of hydrogen-bond acceptors (Lipinski definition) is 1. The quantitative estimate of drug-likeness (QED) is 0.153. The molecule has 0 atom stereocenters. The average molecular weight is 763 g/mol. The second kappa shape index (κ2) is 13.6. The standard InChI is InChI=1S/C58H34S/c1-2-16-39(17-3-1)55-47-22-10-12-24-49(47)58(50-25-13-11-23-48(50)55)54-33-32-53(59-54)42-30-31-51-52(36-42)57(44-29-27-38-15-5-7-19-41(38)35-44)46-21-9-8-20-45(46)56(51)43-28-26-37-14-4-6-18-40(37)34-43/h1-2,4-16,18-36H. The summed E-state index contributed by atoms with van der Waals surface area (Å²) in [5.74, 6) is 0. The highest BCUT2D eigenvalue weighted by atomic mass is 32.1. The molecule has 0 spiro atoms. The molecule has 0 amide bonds. The van der Waals surface area contributed by atoms with Gasteiger partial charge in [0.05, 0.1) is 0 Å². The highest BCUT2D eigenvalue weighted by molar-refractivity contribution is 7.19. The van der Waals surface area contributed by atoms with Crippen molar-refractivity contribution in [3.8, 4) is 54.3 Å². The zero-order chi connectivity index (χ0) is 38.9. The van der Waals surface area contributed by atoms with Crippen LogP contribution in [0.3, 0.4) is 0 Å². The van der Waals surface area contributed by atoms with Gasteiger partial charge in [0.2, 0.25) is 0 Å². The highest BCUT2D eigenvalue weighted by Gasteiger charge is 2.21. The van der Waals surface area contributed by atoms with Gasteiger partial charge >= 0.3 is 0 Å². The number of fused-ring (bicyclic) bond motifs is 6. The molecule has 59 heavy (non-hydrogen) atoms. The van der Waals surface area contributed by atoms with Gasteiger partial charge in [-0.3, -0.25) is 0 Å². The molecule has 0 N–H and O–H groups in total. The van der Waals surface area contributed by atoms with E-state index in [1.54, 1.807) is 0 Å². The van der Waals surface area contributed by atoms with Crippen LogP contribution in [0.25, 0.3) is 119 Å². The molecule has 0 saturated carbocycles. The maximum absolute atomic E-state index is 3.40. The maximum Gasteiger partial charge on any atom is 0.0361 e. The highest BCUT2D eigenvalue weighted by Crippen LogP contribution is 2.49. The molecule has 12 aromatic rings. The summed E-state index contributed by atoms with van der Waals surface area (Å²) in [5.41, 5.74) is 9.77. The van der Waals surface area contributed by atoms with Crippen molar-refractivity contribution in [1.82, 2.24) is 0 Å². The van der Waals surface area contributed by atoms with Crippen LogP contribution in [0.1, 0.15) is 0 Å². The molecule has 1 heteroatoms. The van der Waals surface area contributed by atoms with Crippen LogP contribution >= 0.6 is 11.3 Å². The van der Waals surface area contributed by atoms with E-state index < -0.39 is 0 Å². The van der Waals surface area contributed by atoms with Crippen LogP contribution in [0.4, 0.5) is 0 Å². The molecule has 1 aromatic heterocycles. The molecule has 0 bridgehead atoms. The molecule has 12 rings (SSSR count). The fraction of sp³-hybridized carbons (Fsp3) is 0. The molecule has 0 aliphatic heterocycles. The fourth-order valence-electron chi connectivity index (χ4n) is 9.45. The lowest BCUT2D eigenvalue weighted by Gasteiger charge is -2.19. The Bertz CT molecular complexity index is 3550. The van der Waals surface area contributed by atoms with Crippen LogP contribution in [0.2, 0.25) is 0 Å². The molecule has 0 fully saturated rings. The first-order chi connectivity index (χ1) is 29.3. The van der Waals surface area contributed by atoms with E-state index in [4.69, 9.17) is 0 Å². The molecule has 0 aliphatic rings. The topological polar surface area (TPSA) is 0 Å². The summed E-state index contributed by atoms with van der Waals surface area (Å²) in [6, 6.07) is 82.4. The van der Waals surface area contributed by atoms with Crippen molar-refractivity contribution in [1.29, 1.82) is 0 Å². The van der Waals surface area contributed by atoms with Crippen molar-refractivity contribution < 1.29 is 0 Å². The summed E-state index contributed by atoms with van der Waals surface area (Å²) in [6.07, 6.45) is 0. The second-order valence-electron chi connectivity index (χ2n) is 15.4. The second-order valence-corrected chi connectivity index (χ2v) is 16.5. The van der Waals surface area contributed by atoms with E-state index in [-0.39, 0.29) is 0 Å². The number of benzene rings is 10. The van der Waals surface area contributed by atoms with Gasteiger partial charge in [-0.15, -0.1) is 11.3 Å². The van der Waals surface area contributed by atoms with Gasteiger partial charge in [-0.2, -0.15) is 0 Å². The Hall–Kier alpha value is -7.50. The predicted octanol–water partition coefficient (Wildman–Crippen LogP) is 16.6. The third-order valence-corrected chi connectivity index (χ3v) is 13.2.